The number of carbonyl (C=O) groups is 1. The number of hydrogen-bond donors (Lipinski definition) is 11. The number of aliphatic hydroxyl groups excluding tert-OH is 7. The molecule has 6 rings (SSSR count). The Balaban J connectivity index is 1.27. The Morgan fingerprint density at radius 1 is 0.732 bits per heavy atom. The van der Waals surface area contributed by atoms with Crippen LogP contribution in [0.3, 0.4) is 0 Å². The highest BCUT2D eigenvalue weighted by atomic mass is 16.7. The van der Waals surface area contributed by atoms with E-state index < -0.39 is 104 Å². The Morgan fingerprint density at radius 2 is 1.39 bits per heavy atom. The molecule has 0 amide bonds. The number of hydrogen-bond acceptors (Lipinski definition) is 19. The molecular weight excluding hydrogens is 748 g/mol. The SMILES string of the molecule is COc1cc(/C=C/C(=O)OC[C@H]2O[C@@H](OC3=Cc4c(cc(O)cc4O[C@@H]4O[C@H](CO)[C@@H](O)[C@H](O)[C@H]4O)OC3c3ccc(O)c(O)c3)[C@H](O)[C@@H](O)[C@@H]2O)ccc1O. The van der Waals surface area contributed by atoms with Gasteiger partial charge in [0.05, 0.1) is 19.3 Å². The van der Waals surface area contributed by atoms with E-state index in [4.69, 9.17) is 33.2 Å². The molecule has 3 aliphatic heterocycles. The number of phenolic OH excluding ortho intramolecular Hbond substituents is 4. The van der Waals surface area contributed by atoms with Gasteiger partial charge in [0, 0.05) is 23.8 Å². The average Bonchev–Trinajstić information content (AvgIpc) is 3.18. The summed E-state index contributed by atoms with van der Waals surface area (Å²) in [5.41, 5.74) is 0.658. The van der Waals surface area contributed by atoms with E-state index in [1.54, 1.807) is 0 Å². The van der Waals surface area contributed by atoms with Crippen LogP contribution >= 0.6 is 0 Å². The zero-order valence-electron chi connectivity index (χ0n) is 29.3. The van der Waals surface area contributed by atoms with Crippen molar-refractivity contribution in [3.63, 3.8) is 0 Å². The third kappa shape index (κ3) is 8.40. The number of methoxy groups -OCH3 is 1. The summed E-state index contributed by atoms with van der Waals surface area (Å²) in [5, 5.41) is 114. The fourth-order valence-electron chi connectivity index (χ4n) is 6.11. The molecule has 0 saturated carbocycles. The molecule has 19 heteroatoms. The van der Waals surface area contributed by atoms with E-state index in [-0.39, 0.29) is 39.9 Å². The second kappa shape index (κ2) is 16.8. The van der Waals surface area contributed by atoms with Crippen molar-refractivity contribution in [1.29, 1.82) is 0 Å². The van der Waals surface area contributed by atoms with Crippen molar-refractivity contribution in [2.24, 2.45) is 0 Å². The number of rotatable bonds is 11. The first kappa shape index (κ1) is 40.3. The predicted molar refractivity (Wildman–Crippen MR) is 186 cm³/mol. The predicted octanol–water partition coefficient (Wildman–Crippen LogP) is -0.748. The smallest absolute Gasteiger partial charge is 0.330 e. The summed E-state index contributed by atoms with van der Waals surface area (Å²) in [6, 6.07) is 10.3. The molecule has 302 valence electrons. The van der Waals surface area contributed by atoms with Gasteiger partial charge in [0.25, 0.3) is 0 Å². The fraction of sp³-hybridized carbons (Fsp3) is 0.378. The van der Waals surface area contributed by atoms with Gasteiger partial charge in [-0.25, -0.2) is 4.79 Å². The number of benzene rings is 3. The zero-order chi connectivity index (χ0) is 40.4. The minimum absolute atomic E-state index is 0.0170. The van der Waals surface area contributed by atoms with Gasteiger partial charge in [0.2, 0.25) is 12.6 Å². The minimum atomic E-state index is -1.91. The molecule has 2 fully saturated rings. The van der Waals surface area contributed by atoms with Crippen LogP contribution in [-0.2, 0) is 23.7 Å². The largest absolute Gasteiger partial charge is 0.508 e. The van der Waals surface area contributed by atoms with Crippen molar-refractivity contribution >= 4 is 18.1 Å². The van der Waals surface area contributed by atoms with Crippen molar-refractivity contribution in [1.82, 2.24) is 0 Å². The van der Waals surface area contributed by atoms with Crippen LogP contribution in [0.1, 0.15) is 22.8 Å². The molecule has 2 saturated heterocycles. The summed E-state index contributed by atoms with van der Waals surface area (Å²) in [5.74, 6) is -2.77. The molecule has 0 spiro atoms. The third-order valence-corrected chi connectivity index (χ3v) is 9.20. The molecule has 3 heterocycles. The van der Waals surface area contributed by atoms with Crippen LogP contribution in [0.4, 0.5) is 0 Å². The van der Waals surface area contributed by atoms with E-state index in [1.807, 2.05) is 0 Å². The van der Waals surface area contributed by atoms with Crippen LogP contribution in [0.5, 0.6) is 40.2 Å². The number of carbonyl (C=O) groups excluding carboxylic acids is 1. The molecule has 0 radical (unpaired) electrons. The number of aliphatic hydroxyl groups is 7. The molecule has 0 aromatic heterocycles. The average molecular weight is 789 g/mol. The molecule has 11 atom stereocenters. The first-order valence-corrected chi connectivity index (χ1v) is 17.0. The molecule has 0 bridgehead atoms. The standard InChI is InChI=1S/C37H40O19/c1-50-24-8-15(2-5-20(24)41)3-7-28(43)51-14-27-30(45)32(47)34(49)37(56-27)54-25-12-18-22(52-35(25)16-4-6-19(40)21(42)9-16)10-17(39)11-23(18)53-36-33(48)31(46)29(44)26(13-38)55-36/h2-12,26-27,29-42,44-49H,13-14H2,1H3/b7-3+/t26-,27-,29-,30-,31+,32+,33-,34-,35?,36-,37-/m1/s1. The highest BCUT2D eigenvalue weighted by Crippen LogP contribution is 2.46. The lowest BCUT2D eigenvalue weighted by molar-refractivity contribution is -0.294. The highest BCUT2D eigenvalue weighted by Gasteiger charge is 2.48. The number of ether oxygens (including phenoxy) is 7. The van der Waals surface area contributed by atoms with E-state index in [0.717, 1.165) is 24.3 Å². The Morgan fingerprint density at radius 3 is 2.07 bits per heavy atom. The van der Waals surface area contributed by atoms with Gasteiger partial charge in [0.1, 0.15) is 78.4 Å². The molecular formula is C37H40O19. The van der Waals surface area contributed by atoms with Crippen molar-refractivity contribution in [2.45, 2.75) is 67.5 Å². The summed E-state index contributed by atoms with van der Waals surface area (Å²) in [7, 11) is 1.36. The molecule has 3 aromatic rings. The van der Waals surface area contributed by atoms with Crippen molar-refractivity contribution < 1.29 is 94.1 Å². The summed E-state index contributed by atoms with van der Waals surface area (Å²) >= 11 is 0. The molecule has 56 heavy (non-hydrogen) atoms. The van der Waals surface area contributed by atoms with Gasteiger partial charge in [-0.15, -0.1) is 0 Å². The number of phenols is 4. The first-order chi connectivity index (χ1) is 26.7. The maximum atomic E-state index is 12.6. The van der Waals surface area contributed by atoms with E-state index >= 15 is 0 Å². The molecule has 11 N–H and O–H groups in total. The number of aromatic hydroxyl groups is 4. The second-order valence-electron chi connectivity index (χ2n) is 13.0. The molecule has 1 unspecified atom stereocenters. The fourth-order valence-corrected chi connectivity index (χ4v) is 6.11. The molecule has 3 aliphatic rings. The Labute approximate surface area is 317 Å². The van der Waals surface area contributed by atoms with Crippen LogP contribution in [-0.4, -0.2) is 144 Å². The lowest BCUT2D eigenvalue weighted by Gasteiger charge is -2.41. The maximum absolute atomic E-state index is 12.6. The van der Waals surface area contributed by atoms with Gasteiger partial charge < -0.3 is 89.3 Å². The van der Waals surface area contributed by atoms with Crippen molar-refractivity contribution in [3.05, 3.63) is 77.1 Å². The lowest BCUT2D eigenvalue weighted by Crippen LogP contribution is -2.60. The molecule has 19 nitrogen and oxygen atoms in total. The minimum Gasteiger partial charge on any atom is -0.508 e. The second-order valence-corrected chi connectivity index (χ2v) is 13.0. The summed E-state index contributed by atoms with van der Waals surface area (Å²) in [6.45, 7) is -1.38. The topological polar surface area (TPSA) is 304 Å². The Kier molecular flexibility index (Phi) is 12.1. The quantitative estimate of drug-likeness (QED) is 0.0647. The van der Waals surface area contributed by atoms with E-state index in [1.165, 1.54) is 49.6 Å². The van der Waals surface area contributed by atoms with Gasteiger partial charge in [-0.05, 0) is 42.0 Å². The first-order valence-electron chi connectivity index (χ1n) is 17.0. The van der Waals surface area contributed by atoms with E-state index in [9.17, 15) is 61.0 Å². The van der Waals surface area contributed by atoms with Crippen molar-refractivity contribution in [2.75, 3.05) is 20.3 Å². The lowest BCUT2D eigenvalue weighted by atomic mass is 9.98. The Bertz CT molecular complexity index is 1950. The highest BCUT2D eigenvalue weighted by molar-refractivity contribution is 5.87. The van der Waals surface area contributed by atoms with Gasteiger partial charge in [-0.2, -0.15) is 0 Å². The summed E-state index contributed by atoms with van der Waals surface area (Å²) in [6.07, 6.45) is -14.8. The third-order valence-electron chi connectivity index (χ3n) is 9.20. The van der Waals surface area contributed by atoms with Crippen LogP contribution in [0.2, 0.25) is 0 Å². The van der Waals surface area contributed by atoms with Gasteiger partial charge in [-0.1, -0.05) is 12.1 Å². The van der Waals surface area contributed by atoms with Crippen LogP contribution in [0, 0.1) is 0 Å². The van der Waals surface area contributed by atoms with E-state index in [0.29, 0.717) is 5.56 Å². The number of esters is 1. The van der Waals surface area contributed by atoms with Gasteiger partial charge >= 0.3 is 5.97 Å². The summed E-state index contributed by atoms with van der Waals surface area (Å²) < 4.78 is 39.5. The number of fused-ring (bicyclic) bond motifs is 1. The Hall–Kier alpha value is -5.35. The molecule has 0 aliphatic carbocycles. The maximum Gasteiger partial charge on any atom is 0.330 e. The van der Waals surface area contributed by atoms with Crippen LogP contribution < -0.4 is 14.2 Å². The normalized spacial score (nSPS) is 30.1. The van der Waals surface area contributed by atoms with Gasteiger partial charge in [-0.3, -0.25) is 0 Å². The molecule has 3 aromatic carbocycles. The monoisotopic (exact) mass is 788 g/mol. The van der Waals surface area contributed by atoms with E-state index in [2.05, 4.69) is 0 Å². The van der Waals surface area contributed by atoms with Gasteiger partial charge in [0.15, 0.2) is 29.1 Å². The zero-order valence-corrected chi connectivity index (χ0v) is 29.3. The van der Waals surface area contributed by atoms with Crippen LogP contribution in [0.15, 0.2) is 60.4 Å². The summed E-state index contributed by atoms with van der Waals surface area (Å²) in [4.78, 5) is 12.6. The van der Waals surface area contributed by atoms with Crippen molar-refractivity contribution in [3.8, 4) is 40.2 Å². The van der Waals surface area contributed by atoms with Crippen LogP contribution in [0.25, 0.3) is 12.2 Å².